The van der Waals surface area contributed by atoms with Gasteiger partial charge in [0.2, 0.25) is 11.8 Å². The summed E-state index contributed by atoms with van der Waals surface area (Å²) in [6.07, 6.45) is 2.02. The van der Waals surface area contributed by atoms with Crippen molar-refractivity contribution in [2.75, 3.05) is 27.2 Å². The van der Waals surface area contributed by atoms with Crippen LogP contribution in [0.4, 0.5) is 0 Å². The number of hydrogen-bond donors (Lipinski definition) is 1. The summed E-state index contributed by atoms with van der Waals surface area (Å²) in [6.45, 7) is 2.16. The molecule has 1 N–H and O–H groups in total. The molecular formula is C15H23N3O2S. The van der Waals surface area contributed by atoms with Gasteiger partial charge in [0.1, 0.15) is 6.04 Å². The summed E-state index contributed by atoms with van der Waals surface area (Å²) < 4.78 is 0. The third-order valence-corrected chi connectivity index (χ3v) is 4.48. The third kappa shape index (κ3) is 4.54. The minimum Gasteiger partial charge on any atom is -0.354 e. The molecule has 0 radical (unpaired) electrons. The van der Waals surface area contributed by atoms with Gasteiger partial charge in [-0.1, -0.05) is 6.07 Å². The van der Waals surface area contributed by atoms with Crippen molar-refractivity contribution < 1.29 is 9.59 Å². The Labute approximate surface area is 129 Å². The Morgan fingerprint density at radius 1 is 1.52 bits per heavy atom. The van der Waals surface area contributed by atoms with Gasteiger partial charge in [0.15, 0.2) is 0 Å². The maximum atomic E-state index is 12.3. The highest BCUT2D eigenvalue weighted by molar-refractivity contribution is 7.09. The number of likely N-dealkylation sites (tertiary alicyclic amines) is 1. The highest BCUT2D eigenvalue weighted by Gasteiger charge is 2.35. The predicted octanol–water partition coefficient (Wildman–Crippen LogP) is 1.31. The zero-order chi connectivity index (χ0) is 15.2. The van der Waals surface area contributed by atoms with Crippen LogP contribution in [0.2, 0.25) is 0 Å². The van der Waals surface area contributed by atoms with E-state index in [1.807, 2.05) is 31.6 Å². The van der Waals surface area contributed by atoms with E-state index in [-0.39, 0.29) is 17.9 Å². The first-order valence-corrected chi connectivity index (χ1v) is 8.20. The molecule has 2 heterocycles. The first-order chi connectivity index (χ1) is 10.1. The van der Waals surface area contributed by atoms with E-state index in [0.29, 0.717) is 25.9 Å². The van der Waals surface area contributed by atoms with Crippen LogP contribution in [0.25, 0.3) is 0 Å². The van der Waals surface area contributed by atoms with Gasteiger partial charge in [-0.05, 0) is 44.9 Å². The minimum absolute atomic E-state index is 0.0174. The average Bonchev–Trinajstić information content (AvgIpc) is 3.06. The van der Waals surface area contributed by atoms with E-state index in [1.54, 1.807) is 16.2 Å². The lowest BCUT2D eigenvalue weighted by atomic mass is 10.2. The van der Waals surface area contributed by atoms with Crippen LogP contribution in [0.1, 0.15) is 24.1 Å². The van der Waals surface area contributed by atoms with Gasteiger partial charge in [0.25, 0.3) is 0 Å². The van der Waals surface area contributed by atoms with Gasteiger partial charge in [-0.2, -0.15) is 0 Å². The number of hydrogen-bond acceptors (Lipinski definition) is 4. The fourth-order valence-electron chi connectivity index (χ4n) is 2.50. The van der Waals surface area contributed by atoms with Gasteiger partial charge in [0.05, 0.1) is 6.54 Å². The van der Waals surface area contributed by atoms with Crippen molar-refractivity contribution in [3.63, 3.8) is 0 Å². The number of rotatable bonds is 7. The number of carbonyl (C=O) groups is 2. The second-order valence-electron chi connectivity index (χ2n) is 5.60. The first-order valence-electron chi connectivity index (χ1n) is 7.32. The minimum atomic E-state index is -0.307. The summed E-state index contributed by atoms with van der Waals surface area (Å²) in [5, 5.41) is 4.95. The second-order valence-corrected chi connectivity index (χ2v) is 6.64. The molecule has 1 atom stereocenters. The van der Waals surface area contributed by atoms with Gasteiger partial charge < -0.3 is 15.1 Å². The highest BCUT2D eigenvalue weighted by atomic mass is 32.1. The lowest BCUT2D eigenvalue weighted by Crippen LogP contribution is -2.44. The molecule has 1 aromatic rings. The molecule has 21 heavy (non-hydrogen) atoms. The van der Waals surface area contributed by atoms with Crippen LogP contribution in [-0.2, 0) is 16.1 Å². The van der Waals surface area contributed by atoms with Crippen molar-refractivity contribution >= 4 is 23.2 Å². The van der Waals surface area contributed by atoms with Crippen molar-refractivity contribution in [2.45, 2.75) is 31.8 Å². The summed E-state index contributed by atoms with van der Waals surface area (Å²) in [5.41, 5.74) is 0. The number of thiophene rings is 1. The number of amides is 2. The molecule has 1 aliphatic rings. The Bertz CT molecular complexity index is 473. The van der Waals surface area contributed by atoms with Crippen LogP contribution in [0, 0.1) is 0 Å². The van der Waals surface area contributed by atoms with Gasteiger partial charge in [0, 0.05) is 17.8 Å². The summed E-state index contributed by atoms with van der Waals surface area (Å²) in [6, 6.07) is 3.66. The molecule has 0 unspecified atom stereocenters. The van der Waals surface area contributed by atoms with E-state index in [1.165, 1.54) is 0 Å². The van der Waals surface area contributed by atoms with E-state index in [9.17, 15) is 9.59 Å². The van der Waals surface area contributed by atoms with Gasteiger partial charge in [-0.3, -0.25) is 9.59 Å². The zero-order valence-corrected chi connectivity index (χ0v) is 13.5. The fraction of sp³-hybridized carbons (Fsp3) is 0.600. The van der Waals surface area contributed by atoms with Gasteiger partial charge >= 0.3 is 0 Å². The monoisotopic (exact) mass is 309 g/mol. The smallest absolute Gasteiger partial charge is 0.242 e. The van der Waals surface area contributed by atoms with Crippen LogP contribution in [-0.4, -0.2) is 54.8 Å². The molecule has 1 saturated heterocycles. The lowest BCUT2D eigenvalue weighted by Gasteiger charge is -2.23. The zero-order valence-electron chi connectivity index (χ0n) is 12.7. The molecule has 0 spiro atoms. The quantitative estimate of drug-likeness (QED) is 0.773. The highest BCUT2D eigenvalue weighted by Crippen LogP contribution is 2.23. The van der Waals surface area contributed by atoms with Crippen LogP contribution < -0.4 is 5.32 Å². The second kappa shape index (κ2) is 7.56. The molecule has 116 valence electrons. The Morgan fingerprint density at radius 3 is 3.00 bits per heavy atom. The molecule has 0 aliphatic carbocycles. The topological polar surface area (TPSA) is 52.7 Å². The van der Waals surface area contributed by atoms with E-state index in [0.717, 1.165) is 17.8 Å². The molecule has 2 rings (SSSR count). The molecule has 1 fully saturated rings. The summed E-state index contributed by atoms with van der Waals surface area (Å²) in [5.74, 6) is 0.0630. The van der Waals surface area contributed by atoms with E-state index in [2.05, 4.69) is 10.2 Å². The molecule has 0 saturated carbocycles. The normalized spacial score (nSPS) is 18.5. The van der Waals surface area contributed by atoms with Crippen LogP contribution >= 0.6 is 11.3 Å². The van der Waals surface area contributed by atoms with Crippen molar-refractivity contribution in [1.29, 1.82) is 0 Å². The average molecular weight is 309 g/mol. The molecule has 5 nitrogen and oxygen atoms in total. The molecule has 2 amide bonds. The Morgan fingerprint density at radius 2 is 2.33 bits per heavy atom. The lowest BCUT2D eigenvalue weighted by molar-refractivity contribution is -0.135. The summed E-state index contributed by atoms with van der Waals surface area (Å²) >= 11 is 1.62. The van der Waals surface area contributed by atoms with Crippen LogP contribution in [0.5, 0.6) is 0 Å². The van der Waals surface area contributed by atoms with Crippen LogP contribution in [0.15, 0.2) is 17.5 Å². The Hall–Kier alpha value is -1.40. The van der Waals surface area contributed by atoms with E-state index in [4.69, 9.17) is 0 Å². The fourth-order valence-corrected chi connectivity index (χ4v) is 3.20. The van der Waals surface area contributed by atoms with Crippen molar-refractivity contribution in [3.8, 4) is 0 Å². The third-order valence-electron chi connectivity index (χ3n) is 3.62. The van der Waals surface area contributed by atoms with E-state index < -0.39 is 0 Å². The summed E-state index contributed by atoms with van der Waals surface area (Å²) in [7, 11) is 4.03. The summed E-state index contributed by atoms with van der Waals surface area (Å²) in [4.78, 5) is 29.2. The largest absolute Gasteiger partial charge is 0.354 e. The van der Waals surface area contributed by atoms with Gasteiger partial charge in [-0.25, -0.2) is 0 Å². The molecular weight excluding hydrogens is 286 g/mol. The SMILES string of the molecule is CN(C)CCCNC(=O)[C@@H]1CCC(=O)N1Cc1cccs1. The van der Waals surface area contributed by atoms with Crippen molar-refractivity contribution in [3.05, 3.63) is 22.4 Å². The standard InChI is InChI=1S/C15H23N3O2S/c1-17(2)9-4-8-16-15(20)13-6-7-14(19)18(13)11-12-5-3-10-21-12/h3,5,10,13H,4,6-9,11H2,1-2H3,(H,16,20)/t13-/m0/s1. The number of carbonyl (C=O) groups excluding carboxylic acids is 2. The Balaban J connectivity index is 1.85. The molecule has 0 aromatic carbocycles. The van der Waals surface area contributed by atoms with Crippen molar-refractivity contribution in [1.82, 2.24) is 15.1 Å². The predicted molar refractivity (Wildman–Crippen MR) is 84.1 cm³/mol. The number of nitrogens with one attached hydrogen (secondary N) is 1. The Kier molecular flexibility index (Phi) is 5.76. The number of nitrogens with zero attached hydrogens (tertiary/aromatic N) is 2. The first kappa shape index (κ1) is 16.0. The maximum Gasteiger partial charge on any atom is 0.242 e. The molecule has 1 aliphatic heterocycles. The van der Waals surface area contributed by atoms with Gasteiger partial charge in [-0.15, -0.1) is 11.3 Å². The molecule has 0 bridgehead atoms. The molecule has 1 aromatic heterocycles. The molecule has 6 heteroatoms. The van der Waals surface area contributed by atoms with Crippen LogP contribution in [0.3, 0.4) is 0 Å². The maximum absolute atomic E-state index is 12.3. The van der Waals surface area contributed by atoms with Crippen molar-refractivity contribution in [2.24, 2.45) is 0 Å². The van der Waals surface area contributed by atoms with E-state index >= 15 is 0 Å².